The van der Waals surface area contributed by atoms with Crippen molar-refractivity contribution in [3.05, 3.63) is 59.7 Å². The molecule has 126 valence electrons. The predicted molar refractivity (Wildman–Crippen MR) is 87.3 cm³/mol. The Labute approximate surface area is 139 Å². The second-order valence-corrected chi connectivity index (χ2v) is 5.73. The molecule has 0 spiro atoms. The Bertz CT molecular complexity index is 714. The van der Waals surface area contributed by atoms with Crippen molar-refractivity contribution in [3.63, 3.8) is 0 Å². The highest BCUT2D eigenvalue weighted by molar-refractivity contribution is 5.89. The quantitative estimate of drug-likeness (QED) is 0.923. The van der Waals surface area contributed by atoms with Gasteiger partial charge in [0.2, 0.25) is 0 Å². The maximum Gasteiger partial charge on any atom is 0.322 e. The number of likely N-dealkylation sites (tertiary alicyclic amines) is 1. The molecule has 1 unspecified atom stereocenters. The van der Waals surface area contributed by atoms with Gasteiger partial charge in [-0.15, -0.1) is 0 Å². The molecule has 4 nitrogen and oxygen atoms in total. The molecule has 1 heterocycles. The number of amides is 2. The molecular formula is C18H18F2N2O2. The maximum absolute atomic E-state index is 13.6. The lowest BCUT2D eigenvalue weighted by atomic mass is 9.98. The zero-order valence-corrected chi connectivity index (χ0v) is 13.3. The summed E-state index contributed by atoms with van der Waals surface area (Å²) in [5.41, 5.74) is 0.707. The van der Waals surface area contributed by atoms with Crippen LogP contribution in [0, 0.1) is 11.6 Å². The van der Waals surface area contributed by atoms with Crippen LogP contribution in [0.3, 0.4) is 0 Å². The summed E-state index contributed by atoms with van der Waals surface area (Å²) < 4.78 is 32.4. The second kappa shape index (κ2) is 6.86. The molecule has 0 bridgehead atoms. The van der Waals surface area contributed by atoms with Crippen molar-refractivity contribution in [1.29, 1.82) is 0 Å². The average molecular weight is 332 g/mol. The van der Waals surface area contributed by atoms with E-state index in [2.05, 4.69) is 5.32 Å². The van der Waals surface area contributed by atoms with Gasteiger partial charge in [-0.25, -0.2) is 13.6 Å². The predicted octanol–water partition coefficient (Wildman–Crippen LogP) is 3.99. The third-order valence-corrected chi connectivity index (χ3v) is 4.26. The number of hydrogen-bond acceptors (Lipinski definition) is 2. The summed E-state index contributed by atoms with van der Waals surface area (Å²) in [6, 6.07) is 10.7. The summed E-state index contributed by atoms with van der Waals surface area (Å²) in [5.74, 6) is -0.586. The number of rotatable bonds is 3. The van der Waals surface area contributed by atoms with Crippen molar-refractivity contribution in [2.75, 3.05) is 25.5 Å². The average Bonchev–Trinajstić information content (AvgIpc) is 3.08. The van der Waals surface area contributed by atoms with E-state index >= 15 is 0 Å². The molecular weight excluding hydrogens is 314 g/mol. The fourth-order valence-electron chi connectivity index (χ4n) is 2.90. The highest BCUT2D eigenvalue weighted by Gasteiger charge is 2.28. The number of para-hydroxylation sites is 1. The van der Waals surface area contributed by atoms with E-state index in [-0.39, 0.29) is 5.92 Å². The summed E-state index contributed by atoms with van der Waals surface area (Å²) in [5, 5.41) is 2.33. The van der Waals surface area contributed by atoms with Crippen LogP contribution in [-0.4, -0.2) is 31.1 Å². The molecule has 3 rings (SSSR count). The third-order valence-electron chi connectivity index (χ3n) is 4.26. The smallest absolute Gasteiger partial charge is 0.322 e. The topological polar surface area (TPSA) is 41.6 Å². The van der Waals surface area contributed by atoms with Crippen LogP contribution in [0.5, 0.6) is 5.75 Å². The number of halogens is 2. The van der Waals surface area contributed by atoms with Crippen LogP contribution < -0.4 is 10.1 Å². The van der Waals surface area contributed by atoms with E-state index in [1.807, 2.05) is 24.3 Å². The third kappa shape index (κ3) is 3.32. The molecule has 6 heteroatoms. The monoisotopic (exact) mass is 332 g/mol. The van der Waals surface area contributed by atoms with Gasteiger partial charge < -0.3 is 15.0 Å². The van der Waals surface area contributed by atoms with E-state index in [9.17, 15) is 13.6 Å². The number of anilines is 1. The molecule has 0 aromatic heterocycles. The molecule has 1 aliphatic heterocycles. The zero-order chi connectivity index (χ0) is 17.1. The van der Waals surface area contributed by atoms with E-state index in [0.29, 0.717) is 13.1 Å². The minimum Gasteiger partial charge on any atom is -0.497 e. The number of nitrogens with zero attached hydrogens (tertiary/aromatic N) is 1. The van der Waals surface area contributed by atoms with Gasteiger partial charge in [0.05, 0.1) is 7.11 Å². The first-order chi connectivity index (χ1) is 11.6. The van der Waals surface area contributed by atoms with Crippen LogP contribution >= 0.6 is 0 Å². The molecule has 1 atom stereocenters. The van der Waals surface area contributed by atoms with Gasteiger partial charge in [-0.3, -0.25) is 0 Å². The molecule has 1 saturated heterocycles. The zero-order valence-electron chi connectivity index (χ0n) is 13.3. The number of ether oxygens (including phenoxy) is 1. The summed E-state index contributed by atoms with van der Waals surface area (Å²) in [4.78, 5) is 13.8. The van der Waals surface area contributed by atoms with Gasteiger partial charge in [0.1, 0.15) is 23.1 Å². The first-order valence-electron chi connectivity index (χ1n) is 7.72. The molecule has 2 aromatic rings. The summed E-state index contributed by atoms with van der Waals surface area (Å²) in [6.45, 7) is 1.05. The van der Waals surface area contributed by atoms with Crippen LogP contribution in [0.15, 0.2) is 42.5 Å². The van der Waals surface area contributed by atoms with Gasteiger partial charge in [-0.05, 0) is 36.2 Å². The summed E-state index contributed by atoms with van der Waals surface area (Å²) in [6.07, 6.45) is 0.805. The van der Waals surface area contributed by atoms with Gasteiger partial charge in [-0.1, -0.05) is 18.2 Å². The summed E-state index contributed by atoms with van der Waals surface area (Å²) in [7, 11) is 1.61. The number of carbonyl (C=O) groups excluding carboxylic acids is 1. The molecule has 0 radical (unpaired) electrons. The molecule has 1 fully saturated rings. The van der Waals surface area contributed by atoms with Crippen molar-refractivity contribution in [2.45, 2.75) is 12.3 Å². The lowest BCUT2D eigenvalue weighted by Gasteiger charge is -2.18. The normalized spacial score (nSPS) is 17.0. The molecule has 24 heavy (non-hydrogen) atoms. The first kappa shape index (κ1) is 16.2. The van der Waals surface area contributed by atoms with Gasteiger partial charge >= 0.3 is 6.03 Å². The van der Waals surface area contributed by atoms with Crippen LogP contribution in [-0.2, 0) is 0 Å². The Morgan fingerprint density at radius 2 is 1.83 bits per heavy atom. The first-order valence-corrected chi connectivity index (χ1v) is 7.72. The fraction of sp³-hybridized carbons (Fsp3) is 0.278. The van der Waals surface area contributed by atoms with E-state index in [0.717, 1.165) is 29.9 Å². The number of methoxy groups -OCH3 is 1. The van der Waals surface area contributed by atoms with Crippen LogP contribution in [0.1, 0.15) is 17.9 Å². The Morgan fingerprint density at radius 3 is 2.46 bits per heavy atom. The molecule has 2 aromatic carbocycles. The highest BCUT2D eigenvalue weighted by atomic mass is 19.1. The molecule has 1 aliphatic rings. The van der Waals surface area contributed by atoms with E-state index in [1.54, 1.807) is 12.0 Å². The minimum absolute atomic E-state index is 0.201. The lowest BCUT2D eigenvalue weighted by molar-refractivity contribution is 0.221. The van der Waals surface area contributed by atoms with E-state index in [1.165, 1.54) is 6.07 Å². The number of urea groups is 1. The number of carbonyl (C=O) groups is 1. The second-order valence-electron chi connectivity index (χ2n) is 5.73. The maximum atomic E-state index is 13.6. The molecule has 0 aliphatic carbocycles. The van der Waals surface area contributed by atoms with Crippen molar-refractivity contribution in [1.82, 2.24) is 4.90 Å². The summed E-state index contributed by atoms with van der Waals surface area (Å²) >= 11 is 0. The molecule has 1 N–H and O–H groups in total. The highest BCUT2D eigenvalue weighted by Crippen LogP contribution is 2.29. The van der Waals surface area contributed by atoms with Crippen molar-refractivity contribution >= 4 is 11.7 Å². The van der Waals surface area contributed by atoms with Gasteiger partial charge in [0, 0.05) is 19.0 Å². The Morgan fingerprint density at radius 1 is 1.17 bits per heavy atom. The van der Waals surface area contributed by atoms with Crippen molar-refractivity contribution in [3.8, 4) is 5.75 Å². The largest absolute Gasteiger partial charge is 0.497 e. The van der Waals surface area contributed by atoms with Crippen molar-refractivity contribution in [2.24, 2.45) is 0 Å². The van der Waals surface area contributed by atoms with Crippen molar-refractivity contribution < 1.29 is 18.3 Å². The number of nitrogens with one attached hydrogen (secondary N) is 1. The van der Waals surface area contributed by atoms with Crippen LogP contribution in [0.4, 0.5) is 19.3 Å². The lowest BCUT2D eigenvalue weighted by Crippen LogP contribution is -2.33. The van der Waals surface area contributed by atoms with Crippen LogP contribution in [0.2, 0.25) is 0 Å². The number of benzene rings is 2. The van der Waals surface area contributed by atoms with E-state index < -0.39 is 23.4 Å². The standard InChI is InChI=1S/C18H18F2N2O2/c1-24-14-7-5-12(6-8-14)13-9-10-22(11-13)18(23)21-17-15(19)3-2-4-16(17)20/h2-8,13H,9-11H2,1H3,(H,21,23). The van der Waals surface area contributed by atoms with Gasteiger partial charge in [-0.2, -0.15) is 0 Å². The van der Waals surface area contributed by atoms with Crippen LogP contribution in [0.25, 0.3) is 0 Å². The van der Waals surface area contributed by atoms with Gasteiger partial charge in [0.15, 0.2) is 0 Å². The Kier molecular flexibility index (Phi) is 4.64. The molecule has 2 amide bonds. The Hall–Kier alpha value is -2.63. The number of hydrogen-bond donors (Lipinski definition) is 1. The SMILES string of the molecule is COc1ccc(C2CCN(C(=O)Nc3c(F)cccc3F)C2)cc1. The van der Waals surface area contributed by atoms with Gasteiger partial charge in [0.25, 0.3) is 0 Å². The molecule has 0 saturated carbocycles. The van der Waals surface area contributed by atoms with E-state index in [4.69, 9.17) is 4.74 Å². The fourth-order valence-corrected chi connectivity index (χ4v) is 2.90. The Balaban J connectivity index is 1.65. The minimum atomic E-state index is -0.783.